The van der Waals surface area contributed by atoms with Gasteiger partial charge in [-0.2, -0.15) is 5.26 Å². The fourth-order valence-corrected chi connectivity index (χ4v) is 3.59. The van der Waals surface area contributed by atoms with Crippen LogP contribution in [0.1, 0.15) is 37.4 Å². The van der Waals surface area contributed by atoms with Crippen molar-refractivity contribution in [3.8, 4) is 6.07 Å². The molecule has 0 aromatic carbocycles. The van der Waals surface area contributed by atoms with E-state index in [4.69, 9.17) is 26.8 Å². The molecule has 2 rings (SSSR count). The molecule has 2 aromatic rings. The minimum Gasteiger partial charge on any atom is -0.462 e. The van der Waals surface area contributed by atoms with E-state index < -0.39 is 11.9 Å². The van der Waals surface area contributed by atoms with Gasteiger partial charge in [-0.3, -0.25) is 0 Å². The van der Waals surface area contributed by atoms with Crippen molar-refractivity contribution in [2.75, 3.05) is 12.3 Å². The number of thiophene rings is 2. The molecule has 6 nitrogen and oxygen atoms in total. The molecule has 0 aliphatic heterocycles. The number of ether oxygens (including phenoxy) is 2. The van der Waals surface area contributed by atoms with Gasteiger partial charge in [-0.15, -0.1) is 22.7 Å². The summed E-state index contributed by atoms with van der Waals surface area (Å²) >= 11 is 7.78. The first-order valence-corrected chi connectivity index (χ1v) is 8.39. The predicted molar refractivity (Wildman–Crippen MR) is 87.9 cm³/mol. The van der Waals surface area contributed by atoms with Gasteiger partial charge in [0.25, 0.3) is 0 Å². The van der Waals surface area contributed by atoms with Crippen molar-refractivity contribution in [3.05, 3.63) is 37.4 Å². The minimum absolute atomic E-state index is 0.120. The molecular weight excluding hydrogens is 360 g/mol. The quantitative estimate of drug-likeness (QED) is 0.808. The SMILES string of the molecule is CCOC(=O)c1sc(N)c(C#N)c1COC(=O)c1ccc(Cl)s1. The Morgan fingerprint density at radius 1 is 1.30 bits per heavy atom. The number of anilines is 1. The molecule has 0 aliphatic rings. The van der Waals surface area contributed by atoms with E-state index in [9.17, 15) is 14.9 Å². The van der Waals surface area contributed by atoms with E-state index >= 15 is 0 Å². The number of hydrogen-bond donors (Lipinski definition) is 1. The molecule has 23 heavy (non-hydrogen) atoms. The number of nitrogen functional groups attached to an aromatic ring is 1. The van der Waals surface area contributed by atoms with E-state index in [1.807, 2.05) is 6.07 Å². The predicted octanol–water partition coefficient (Wildman–Crippen LogP) is 3.45. The van der Waals surface area contributed by atoms with Gasteiger partial charge in [-0.05, 0) is 19.1 Å². The molecule has 0 spiro atoms. The summed E-state index contributed by atoms with van der Waals surface area (Å²) in [6.45, 7) is 1.60. The van der Waals surface area contributed by atoms with Gasteiger partial charge in [-0.25, -0.2) is 9.59 Å². The first-order valence-electron chi connectivity index (χ1n) is 6.38. The summed E-state index contributed by atoms with van der Waals surface area (Å²) in [5, 5.41) is 9.36. The number of esters is 2. The Kier molecular flexibility index (Phi) is 5.60. The highest BCUT2D eigenvalue weighted by molar-refractivity contribution is 7.18. The molecule has 0 atom stereocenters. The maximum atomic E-state index is 11.9. The number of hydrogen-bond acceptors (Lipinski definition) is 8. The van der Waals surface area contributed by atoms with Gasteiger partial charge in [0.05, 0.1) is 16.5 Å². The van der Waals surface area contributed by atoms with E-state index in [0.717, 1.165) is 22.7 Å². The van der Waals surface area contributed by atoms with Gasteiger partial charge in [0, 0.05) is 5.56 Å². The monoisotopic (exact) mass is 370 g/mol. The molecule has 0 unspecified atom stereocenters. The maximum Gasteiger partial charge on any atom is 0.348 e. The van der Waals surface area contributed by atoms with Crippen LogP contribution in [0.25, 0.3) is 0 Å². The van der Waals surface area contributed by atoms with Gasteiger partial charge in [0.15, 0.2) is 0 Å². The highest BCUT2D eigenvalue weighted by Gasteiger charge is 2.24. The molecule has 120 valence electrons. The van der Waals surface area contributed by atoms with Gasteiger partial charge in [0.1, 0.15) is 27.4 Å². The van der Waals surface area contributed by atoms with Crippen LogP contribution in [0, 0.1) is 11.3 Å². The Morgan fingerprint density at radius 2 is 2.04 bits per heavy atom. The Morgan fingerprint density at radius 3 is 2.61 bits per heavy atom. The third-order valence-corrected chi connectivity index (χ3v) is 4.98. The van der Waals surface area contributed by atoms with Gasteiger partial charge >= 0.3 is 11.9 Å². The van der Waals surface area contributed by atoms with Crippen molar-refractivity contribution >= 4 is 51.2 Å². The van der Waals surface area contributed by atoms with Crippen LogP contribution in [-0.2, 0) is 16.1 Å². The zero-order chi connectivity index (χ0) is 17.0. The molecule has 0 aliphatic carbocycles. The third-order valence-electron chi connectivity index (χ3n) is 2.73. The Hall–Kier alpha value is -2.08. The van der Waals surface area contributed by atoms with Crippen LogP contribution >= 0.6 is 34.3 Å². The van der Waals surface area contributed by atoms with Crippen LogP contribution in [0.3, 0.4) is 0 Å². The largest absolute Gasteiger partial charge is 0.462 e. The molecule has 0 fully saturated rings. The first kappa shape index (κ1) is 17.3. The van der Waals surface area contributed by atoms with Crippen LogP contribution in [0.4, 0.5) is 5.00 Å². The highest BCUT2D eigenvalue weighted by atomic mass is 35.5. The van der Waals surface area contributed by atoms with Gasteiger partial charge in [0.2, 0.25) is 0 Å². The Bertz CT molecular complexity index is 791. The summed E-state index contributed by atoms with van der Waals surface area (Å²) in [5.41, 5.74) is 6.11. The second-order valence-electron chi connectivity index (χ2n) is 4.16. The zero-order valence-electron chi connectivity index (χ0n) is 11.9. The fraction of sp³-hybridized carbons (Fsp3) is 0.214. The molecule has 0 amide bonds. The first-order chi connectivity index (χ1) is 11.0. The van der Waals surface area contributed by atoms with E-state index in [2.05, 4.69) is 0 Å². The molecule has 2 aromatic heterocycles. The number of carbonyl (C=O) groups is 2. The standard InChI is InChI=1S/C14H11ClN2O4S2/c1-2-20-14(19)11-8(7(5-16)12(17)23-11)6-21-13(18)9-3-4-10(15)22-9/h3-4H,2,6,17H2,1H3. The zero-order valence-corrected chi connectivity index (χ0v) is 14.3. The molecule has 0 bridgehead atoms. The van der Waals surface area contributed by atoms with Crippen LogP contribution < -0.4 is 5.73 Å². The number of nitriles is 1. The van der Waals surface area contributed by atoms with Crippen LogP contribution in [0.15, 0.2) is 12.1 Å². The average Bonchev–Trinajstić information content (AvgIpc) is 3.08. The van der Waals surface area contributed by atoms with Crippen molar-refractivity contribution in [1.82, 2.24) is 0 Å². The van der Waals surface area contributed by atoms with Crippen molar-refractivity contribution < 1.29 is 19.1 Å². The van der Waals surface area contributed by atoms with Gasteiger partial charge in [-0.1, -0.05) is 11.6 Å². The summed E-state index contributed by atoms with van der Waals surface area (Å²) < 4.78 is 10.5. The maximum absolute atomic E-state index is 11.9. The summed E-state index contributed by atoms with van der Waals surface area (Å²) in [7, 11) is 0. The van der Waals surface area contributed by atoms with Crippen molar-refractivity contribution in [1.29, 1.82) is 5.26 Å². The lowest BCUT2D eigenvalue weighted by Crippen LogP contribution is -2.09. The van der Waals surface area contributed by atoms with Crippen LogP contribution in [0.2, 0.25) is 4.34 Å². The van der Waals surface area contributed by atoms with E-state index in [-0.39, 0.29) is 34.2 Å². The lowest BCUT2D eigenvalue weighted by molar-refractivity contribution is 0.0457. The topological polar surface area (TPSA) is 102 Å². The van der Waals surface area contributed by atoms with Crippen molar-refractivity contribution in [2.45, 2.75) is 13.5 Å². The van der Waals surface area contributed by atoms with Crippen molar-refractivity contribution in [2.24, 2.45) is 0 Å². The van der Waals surface area contributed by atoms with E-state index in [1.165, 1.54) is 6.07 Å². The highest BCUT2D eigenvalue weighted by Crippen LogP contribution is 2.32. The van der Waals surface area contributed by atoms with E-state index in [1.54, 1.807) is 13.0 Å². The number of nitrogens with two attached hydrogens (primary N) is 1. The average molecular weight is 371 g/mol. The molecule has 0 saturated heterocycles. The molecule has 2 N–H and O–H groups in total. The smallest absolute Gasteiger partial charge is 0.348 e. The second-order valence-corrected chi connectivity index (χ2v) is 6.93. The van der Waals surface area contributed by atoms with Crippen LogP contribution in [0.5, 0.6) is 0 Å². The van der Waals surface area contributed by atoms with Crippen molar-refractivity contribution in [3.63, 3.8) is 0 Å². The lowest BCUT2D eigenvalue weighted by atomic mass is 10.1. The van der Waals surface area contributed by atoms with Gasteiger partial charge < -0.3 is 15.2 Å². The Balaban J connectivity index is 2.23. The summed E-state index contributed by atoms with van der Waals surface area (Å²) in [4.78, 5) is 24.4. The number of carbonyl (C=O) groups excluding carboxylic acids is 2. The number of halogens is 1. The molecule has 0 saturated carbocycles. The Labute approximate surface area is 145 Å². The fourth-order valence-electron chi connectivity index (χ4n) is 1.74. The summed E-state index contributed by atoms with van der Waals surface area (Å²) in [6.07, 6.45) is 0. The van der Waals surface area contributed by atoms with Crippen LogP contribution in [-0.4, -0.2) is 18.5 Å². The number of nitrogens with zero attached hydrogens (tertiary/aromatic N) is 1. The second kappa shape index (κ2) is 7.46. The third kappa shape index (κ3) is 3.82. The molecule has 2 heterocycles. The molecule has 9 heteroatoms. The summed E-state index contributed by atoms with van der Waals surface area (Å²) in [5.74, 6) is -1.19. The van der Waals surface area contributed by atoms with E-state index in [0.29, 0.717) is 9.21 Å². The molecule has 0 radical (unpaired) electrons. The lowest BCUT2D eigenvalue weighted by Gasteiger charge is -2.05. The summed E-state index contributed by atoms with van der Waals surface area (Å²) in [6, 6.07) is 5.03. The normalized spacial score (nSPS) is 10.1. The minimum atomic E-state index is -0.601. The number of rotatable bonds is 5. The molecular formula is C14H11ClN2O4S2.